The number of rotatable bonds is 3. The van der Waals surface area contributed by atoms with Crippen molar-refractivity contribution in [3.05, 3.63) is 29.8 Å². The van der Waals surface area contributed by atoms with E-state index < -0.39 is 0 Å². The highest BCUT2D eigenvalue weighted by atomic mass is 16.2. The minimum absolute atomic E-state index is 0.152. The van der Waals surface area contributed by atoms with Crippen molar-refractivity contribution in [3.8, 4) is 0 Å². The van der Waals surface area contributed by atoms with Gasteiger partial charge >= 0.3 is 6.03 Å². The largest absolute Gasteiger partial charge is 0.399 e. The van der Waals surface area contributed by atoms with Crippen LogP contribution in [0.3, 0.4) is 0 Å². The van der Waals surface area contributed by atoms with Crippen LogP contribution in [-0.2, 0) is 6.42 Å². The summed E-state index contributed by atoms with van der Waals surface area (Å²) in [5.41, 5.74) is 7.47. The van der Waals surface area contributed by atoms with E-state index in [0.717, 1.165) is 17.7 Å². The normalized spacial score (nSPS) is 9.50. The standard InChI is InChI=1S/C10H15N3O/c1-12-10(14)13-7-6-8-2-4-9(11)5-3-8/h2-5H,6-7,11H2,1H3,(H2,12,13,14). The van der Waals surface area contributed by atoms with Crippen LogP contribution in [0.1, 0.15) is 5.56 Å². The number of nitrogens with two attached hydrogens (primary N) is 1. The van der Waals surface area contributed by atoms with Crippen LogP contribution in [-0.4, -0.2) is 19.6 Å². The number of anilines is 1. The SMILES string of the molecule is CNC(=O)NCCc1ccc(N)cc1. The Hall–Kier alpha value is -1.71. The van der Waals surface area contributed by atoms with Gasteiger partial charge in [0.25, 0.3) is 0 Å². The minimum atomic E-state index is -0.152. The van der Waals surface area contributed by atoms with E-state index in [0.29, 0.717) is 6.54 Å². The van der Waals surface area contributed by atoms with E-state index in [1.807, 2.05) is 24.3 Å². The average molecular weight is 193 g/mol. The Balaban J connectivity index is 2.31. The van der Waals surface area contributed by atoms with Crippen LogP contribution < -0.4 is 16.4 Å². The van der Waals surface area contributed by atoms with Gasteiger partial charge in [-0.05, 0) is 24.1 Å². The molecule has 0 heterocycles. The summed E-state index contributed by atoms with van der Waals surface area (Å²) in [6, 6.07) is 7.48. The fourth-order valence-electron chi connectivity index (χ4n) is 1.09. The number of carbonyl (C=O) groups is 1. The third kappa shape index (κ3) is 3.35. The zero-order valence-corrected chi connectivity index (χ0v) is 8.21. The molecule has 0 saturated carbocycles. The maximum Gasteiger partial charge on any atom is 0.314 e. The van der Waals surface area contributed by atoms with Gasteiger partial charge in [0.1, 0.15) is 0 Å². The van der Waals surface area contributed by atoms with Crippen LogP contribution in [0.2, 0.25) is 0 Å². The molecule has 0 spiro atoms. The lowest BCUT2D eigenvalue weighted by molar-refractivity contribution is 0.243. The predicted molar refractivity (Wildman–Crippen MR) is 57.0 cm³/mol. The van der Waals surface area contributed by atoms with Gasteiger partial charge in [-0.25, -0.2) is 4.79 Å². The van der Waals surface area contributed by atoms with Crippen LogP contribution in [0.15, 0.2) is 24.3 Å². The molecule has 14 heavy (non-hydrogen) atoms. The van der Waals surface area contributed by atoms with Crippen LogP contribution in [0.4, 0.5) is 10.5 Å². The van der Waals surface area contributed by atoms with Crippen LogP contribution in [0, 0.1) is 0 Å². The van der Waals surface area contributed by atoms with Gasteiger partial charge in [-0.1, -0.05) is 12.1 Å². The van der Waals surface area contributed by atoms with E-state index >= 15 is 0 Å². The van der Waals surface area contributed by atoms with E-state index in [1.54, 1.807) is 7.05 Å². The summed E-state index contributed by atoms with van der Waals surface area (Å²) in [5, 5.41) is 5.20. The maximum atomic E-state index is 10.8. The van der Waals surface area contributed by atoms with E-state index in [1.165, 1.54) is 0 Å². The molecule has 0 aliphatic carbocycles. The maximum absolute atomic E-state index is 10.8. The molecule has 0 aliphatic rings. The smallest absolute Gasteiger partial charge is 0.314 e. The van der Waals surface area contributed by atoms with Crippen molar-refractivity contribution in [3.63, 3.8) is 0 Å². The summed E-state index contributed by atoms with van der Waals surface area (Å²) in [7, 11) is 1.60. The second-order valence-corrected chi connectivity index (χ2v) is 3.00. The third-order valence-electron chi connectivity index (χ3n) is 1.91. The molecule has 0 aromatic heterocycles. The number of nitrogen functional groups attached to an aromatic ring is 1. The van der Waals surface area contributed by atoms with Crippen LogP contribution >= 0.6 is 0 Å². The number of amides is 2. The number of urea groups is 1. The molecule has 1 aromatic carbocycles. The zero-order chi connectivity index (χ0) is 10.4. The Labute approximate surface area is 83.5 Å². The molecule has 1 aromatic rings. The summed E-state index contributed by atoms with van der Waals surface area (Å²) in [6.45, 7) is 0.629. The molecule has 0 saturated heterocycles. The van der Waals surface area contributed by atoms with Gasteiger partial charge in [0.15, 0.2) is 0 Å². The number of benzene rings is 1. The molecule has 0 fully saturated rings. The van der Waals surface area contributed by atoms with Gasteiger partial charge < -0.3 is 16.4 Å². The number of nitrogens with one attached hydrogen (secondary N) is 2. The summed E-state index contributed by atoms with van der Waals surface area (Å²) >= 11 is 0. The van der Waals surface area contributed by atoms with Crippen molar-refractivity contribution in [2.75, 3.05) is 19.3 Å². The summed E-state index contributed by atoms with van der Waals surface area (Å²) < 4.78 is 0. The zero-order valence-electron chi connectivity index (χ0n) is 8.21. The lowest BCUT2D eigenvalue weighted by atomic mass is 10.1. The fourth-order valence-corrected chi connectivity index (χ4v) is 1.09. The van der Waals surface area contributed by atoms with E-state index in [2.05, 4.69) is 10.6 Å². The Kier molecular flexibility index (Phi) is 3.79. The lowest BCUT2D eigenvalue weighted by Gasteiger charge is -2.04. The minimum Gasteiger partial charge on any atom is -0.399 e. The molecule has 0 atom stereocenters. The Morgan fingerprint density at radius 1 is 1.36 bits per heavy atom. The second kappa shape index (κ2) is 5.11. The summed E-state index contributed by atoms with van der Waals surface area (Å²) in [5.74, 6) is 0. The Bertz CT molecular complexity index is 295. The quantitative estimate of drug-likeness (QED) is 0.620. The first-order chi connectivity index (χ1) is 6.72. The Morgan fingerprint density at radius 3 is 2.57 bits per heavy atom. The molecule has 4 heteroatoms. The van der Waals surface area contributed by atoms with Crippen molar-refractivity contribution < 1.29 is 4.79 Å². The lowest BCUT2D eigenvalue weighted by Crippen LogP contribution is -2.33. The molecule has 76 valence electrons. The van der Waals surface area contributed by atoms with Gasteiger partial charge in [0.2, 0.25) is 0 Å². The molecule has 4 N–H and O–H groups in total. The molecular formula is C10H15N3O. The highest BCUT2D eigenvalue weighted by molar-refractivity contribution is 5.73. The molecule has 0 unspecified atom stereocenters. The van der Waals surface area contributed by atoms with Gasteiger partial charge in [-0.15, -0.1) is 0 Å². The van der Waals surface area contributed by atoms with Crippen molar-refractivity contribution in [1.29, 1.82) is 0 Å². The van der Waals surface area contributed by atoms with Gasteiger partial charge in [-0.2, -0.15) is 0 Å². The van der Waals surface area contributed by atoms with Crippen molar-refractivity contribution in [1.82, 2.24) is 10.6 Å². The van der Waals surface area contributed by atoms with E-state index in [-0.39, 0.29) is 6.03 Å². The molecule has 2 amide bonds. The molecule has 4 nitrogen and oxygen atoms in total. The molecule has 1 rings (SSSR count). The van der Waals surface area contributed by atoms with Gasteiger partial charge in [0.05, 0.1) is 0 Å². The summed E-state index contributed by atoms with van der Waals surface area (Å²) in [4.78, 5) is 10.8. The first-order valence-corrected chi connectivity index (χ1v) is 4.52. The topological polar surface area (TPSA) is 67.2 Å². The fraction of sp³-hybridized carbons (Fsp3) is 0.300. The number of carbonyl (C=O) groups excluding carboxylic acids is 1. The van der Waals surface area contributed by atoms with Crippen LogP contribution in [0.25, 0.3) is 0 Å². The van der Waals surface area contributed by atoms with Gasteiger partial charge in [-0.3, -0.25) is 0 Å². The predicted octanol–water partition coefficient (Wildman–Crippen LogP) is 0.740. The molecular weight excluding hydrogens is 178 g/mol. The highest BCUT2D eigenvalue weighted by Gasteiger charge is 1.96. The second-order valence-electron chi connectivity index (χ2n) is 3.00. The first kappa shape index (κ1) is 10.4. The van der Waals surface area contributed by atoms with E-state index in [4.69, 9.17) is 5.73 Å². The summed E-state index contributed by atoms with van der Waals surface area (Å²) in [6.07, 6.45) is 0.813. The monoisotopic (exact) mass is 193 g/mol. The first-order valence-electron chi connectivity index (χ1n) is 4.52. The number of hydrogen-bond acceptors (Lipinski definition) is 2. The Morgan fingerprint density at radius 2 is 2.00 bits per heavy atom. The molecule has 0 bridgehead atoms. The molecule has 0 aliphatic heterocycles. The van der Waals surface area contributed by atoms with E-state index in [9.17, 15) is 4.79 Å². The molecule has 0 radical (unpaired) electrons. The van der Waals surface area contributed by atoms with Crippen LogP contribution in [0.5, 0.6) is 0 Å². The number of hydrogen-bond donors (Lipinski definition) is 3. The van der Waals surface area contributed by atoms with Crippen molar-refractivity contribution >= 4 is 11.7 Å². The van der Waals surface area contributed by atoms with Crippen molar-refractivity contribution in [2.24, 2.45) is 0 Å². The highest BCUT2D eigenvalue weighted by Crippen LogP contribution is 2.05. The van der Waals surface area contributed by atoms with Gasteiger partial charge in [0, 0.05) is 19.3 Å². The average Bonchev–Trinajstić information content (AvgIpc) is 2.21. The third-order valence-corrected chi connectivity index (χ3v) is 1.91. The van der Waals surface area contributed by atoms with Crippen molar-refractivity contribution in [2.45, 2.75) is 6.42 Å².